The third-order valence-corrected chi connectivity index (χ3v) is 4.85. The Morgan fingerprint density at radius 2 is 1.86 bits per heavy atom. The molecule has 1 unspecified atom stereocenters. The van der Waals surface area contributed by atoms with Crippen molar-refractivity contribution in [3.8, 4) is 5.75 Å². The third-order valence-electron chi connectivity index (χ3n) is 3.81. The molecule has 0 spiro atoms. The molecule has 0 saturated carbocycles. The van der Waals surface area contributed by atoms with Gasteiger partial charge in [-0.15, -0.1) is 6.58 Å². The van der Waals surface area contributed by atoms with Crippen LogP contribution in [0.15, 0.2) is 36.9 Å². The maximum Gasteiger partial charge on any atom is 0.471 e. The van der Waals surface area contributed by atoms with Gasteiger partial charge in [0, 0.05) is 12.6 Å². The summed E-state index contributed by atoms with van der Waals surface area (Å²) in [6.45, 7) is 12.5. The lowest BCUT2D eigenvalue weighted by Gasteiger charge is -2.34. The van der Waals surface area contributed by atoms with Crippen molar-refractivity contribution in [1.29, 1.82) is 0 Å². The first-order chi connectivity index (χ1) is 12.8. The zero-order chi connectivity index (χ0) is 21.5. The van der Waals surface area contributed by atoms with Crippen LogP contribution in [-0.4, -0.2) is 50.6 Å². The summed E-state index contributed by atoms with van der Waals surface area (Å²) < 4.78 is 50.8. The van der Waals surface area contributed by atoms with E-state index in [0.717, 1.165) is 10.5 Å². The van der Waals surface area contributed by atoms with Crippen LogP contribution in [0.5, 0.6) is 5.75 Å². The van der Waals surface area contributed by atoms with Gasteiger partial charge in [0.25, 0.3) is 0 Å². The molecule has 8 heteroatoms. The minimum atomic E-state index is -4.93. The smallest absolute Gasteiger partial charge is 0.471 e. The maximum atomic E-state index is 13.0. The molecule has 0 bridgehead atoms. The summed E-state index contributed by atoms with van der Waals surface area (Å²) in [5.74, 6) is -1.23. The molecule has 1 atom stereocenters. The lowest BCUT2D eigenvalue weighted by molar-refractivity contribution is -0.188. The quantitative estimate of drug-likeness (QED) is 0.405. The van der Waals surface area contributed by atoms with Crippen LogP contribution in [0.3, 0.4) is 0 Å². The van der Waals surface area contributed by atoms with Crippen LogP contribution in [0, 0.1) is 0 Å². The van der Waals surface area contributed by atoms with E-state index in [0.29, 0.717) is 12.2 Å². The van der Waals surface area contributed by atoms with Gasteiger partial charge in [0.05, 0.1) is 6.10 Å². The fourth-order valence-corrected chi connectivity index (χ4v) is 3.83. The van der Waals surface area contributed by atoms with Gasteiger partial charge < -0.3 is 14.1 Å². The van der Waals surface area contributed by atoms with Crippen molar-refractivity contribution in [1.82, 2.24) is 4.90 Å². The van der Waals surface area contributed by atoms with Gasteiger partial charge in [0.2, 0.25) is 0 Å². The minimum absolute atomic E-state index is 0.0484. The highest BCUT2D eigenvalue weighted by molar-refractivity contribution is 6.69. The van der Waals surface area contributed by atoms with Crippen molar-refractivity contribution >= 4 is 14.2 Å². The van der Waals surface area contributed by atoms with E-state index in [-0.39, 0.29) is 13.2 Å². The number of para-hydroxylation sites is 1. The highest BCUT2D eigenvalue weighted by Crippen LogP contribution is 2.23. The predicted molar refractivity (Wildman–Crippen MR) is 107 cm³/mol. The van der Waals surface area contributed by atoms with Crippen LogP contribution in [0.2, 0.25) is 19.6 Å². The molecular formula is C20H30F3NO3Si. The van der Waals surface area contributed by atoms with E-state index in [1.165, 1.54) is 0 Å². The molecule has 0 radical (unpaired) electrons. The number of carbonyl (C=O) groups is 1. The molecule has 1 aromatic carbocycles. The molecule has 4 nitrogen and oxygen atoms in total. The first-order valence-corrected chi connectivity index (χ1v) is 12.6. The summed E-state index contributed by atoms with van der Waals surface area (Å²) in [7, 11) is -2.08. The van der Waals surface area contributed by atoms with Gasteiger partial charge in [0.15, 0.2) is 8.32 Å². The molecule has 0 aliphatic heterocycles. The first-order valence-electron chi connectivity index (χ1n) is 9.22. The Kier molecular flexibility index (Phi) is 8.75. The monoisotopic (exact) mass is 417 g/mol. The van der Waals surface area contributed by atoms with E-state index in [1.54, 1.807) is 26.0 Å². The number of alkyl halides is 3. The first kappa shape index (κ1) is 24.2. The summed E-state index contributed by atoms with van der Waals surface area (Å²) in [6.07, 6.45) is -3.23. The Hall–Kier alpha value is -1.80. The number of hydrogen-bond donors (Lipinski definition) is 0. The van der Waals surface area contributed by atoms with Crippen LogP contribution < -0.4 is 4.74 Å². The van der Waals surface area contributed by atoms with Gasteiger partial charge in [-0.05, 0) is 51.5 Å². The molecule has 0 saturated heterocycles. The zero-order valence-electron chi connectivity index (χ0n) is 17.2. The number of allylic oxidation sites excluding steroid dienone is 1. The van der Waals surface area contributed by atoms with Crippen molar-refractivity contribution in [2.75, 3.05) is 13.2 Å². The fourth-order valence-electron chi connectivity index (χ4n) is 2.69. The molecule has 1 rings (SSSR count). The van der Waals surface area contributed by atoms with E-state index in [1.807, 2.05) is 37.8 Å². The molecule has 28 heavy (non-hydrogen) atoms. The Bertz CT molecular complexity index is 657. The number of amides is 1. The van der Waals surface area contributed by atoms with E-state index in [4.69, 9.17) is 9.16 Å². The molecule has 0 aliphatic rings. The standard InChI is InChI=1S/C20H30F3NO3Si/c1-7-10-16-11-8-9-12-18(16)26-14-17(27-28(4,5)6)13-24(15(2)3)19(25)20(21,22)23/h7-9,11-12,15,17H,1,10,13-14H2,2-6H3. The molecule has 1 amide bonds. The van der Waals surface area contributed by atoms with E-state index in [9.17, 15) is 18.0 Å². The maximum absolute atomic E-state index is 13.0. The minimum Gasteiger partial charge on any atom is -0.491 e. The van der Waals surface area contributed by atoms with Gasteiger partial charge in [-0.25, -0.2) is 0 Å². The van der Waals surface area contributed by atoms with Crippen LogP contribution in [0.25, 0.3) is 0 Å². The largest absolute Gasteiger partial charge is 0.491 e. The van der Waals surface area contributed by atoms with Gasteiger partial charge in [0.1, 0.15) is 12.4 Å². The summed E-state index contributed by atoms with van der Waals surface area (Å²) >= 11 is 0. The molecule has 0 aromatic heterocycles. The fraction of sp³-hybridized carbons (Fsp3) is 0.550. The Balaban J connectivity index is 2.99. The van der Waals surface area contributed by atoms with Crippen LogP contribution in [0.4, 0.5) is 13.2 Å². The van der Waals surface area contributed by atoms with Crippen LogP contribution in [0.1, 0.15) is 19.4 Å². The second kappa shape index (κ2) is 10.1. The van der Waals surface area contributed by atoms with Crippen molar-refractivity contribution in [2.45, 2.75) is 58.2 Å². The van der Waals surface area contributed by atoms with Crippen molar-refractivity contribution in [3.05, 3.63) is 42.5 Å². The molecule has 0 fully saturated rings. The van der Waals surface area contributed by atoms with Crippen LogP contribution >= 0.6 is 0 Å². The second-order valence-corrected chi connectivity index (χ2v) is 12.3. The molecule has 0 heterocycles. The van der Waals surface area contributed by atoms with Gasteiger partial charge in [-0.1, -0.05) is 24.3 Å². The second-order valence-electron chi connectivity index (χ2n) is 7.81. The lowest BCUT2D eigenvalue weighted by atomic mass is 10.1. The Labute approximate surface area is 166 Å². The highest BCUT2D eigenvalue weighted by Gasteiger charge is 2.44. The summed E-state index contributed by atoms with van der Waals surface area (Å²) in [6, 6.07) is 6.79. The normalized spacial score (nSPS) is 13.3. The number of ether oxygens (including phenoxy) is 1. The molecular weight excluding hydrogens is 387 g/mol. The SMILES string of the molecule is C=CCc1ccccc1OCC(CN(C(=O)C(F)(F)F)C(C)C)O[Si](C)(C)C. The van der Waals surface area contributed by atoms with E-state index in [2.05, 4.69) is 6.58 Å². The number of rotatable bonds is 10. The summed E-state index contributed by atoms with van der Waals surface area (Å²) in [4.78, 5) is 12.6. The van der Waals surface area contributed by atoms with Crippen molar-refractivity contribution < 1.29 is 27.1 Å². The topological polar surface area (TPSA) is 38.8 Å². The summed E-state index contributed by atoms with van der Waals surface area (Å²) in [5.41, 5.74) is 0.927. The van der Waals surface area contributed by atoms with E-state index < -0.39 is 32.5 Å². The number of hydrogen-bond acceptors (Lipinski definition) is 3. The Morgan fingerprint density at radius 3 is 2.36 bits per heavy atom. The average Bonchev–Trinajstić information content (AvgIpc) is 2.55. The number of nitrogens with zero attached hydrogens (tertiary/aromatic N) is 1. The van der Waals surface area contributed by atoms with Gasteiger partial charge >= 0.3 is 12.1 Å². The zero-order valence-corrected chi connectivity index (χ0v) is 18.2. The predicted octanol–water partition coefficient (Wildman–Crippen LogP) is 4.81. The average molecular weight is 418 g/mol. The summed E-state index contributed by atoms with van der Waals surface area (Å²) in [5, 5.41) is 0. The lowest BCUT2D eigenvalue weighted by Crippen LogP contribution is -2.51. The molecule has 158 valence electrons. The Morgan fingerprint density at radius 1 is 1.25 bits per heavy atom. The number of carbonyl (C=O) groups excluding carboxylic acids is 1. The molecule has 1 aromatic rings. The van der Waals surface area contributed by atoms with Gasteiger partial charge in [-0.2, -0.15) is 13.2 Å². The van der Waals surface area contributed by atoms with Crippen molar-refractivity contribution in [2.24, 2.45) is 0 Å². The van der Waals surface area contributed by atoms with E-state index >= 15 is 0 Å². The molecule has 0 N–H and O–H groups in total. The van der Waals surface area contributed by atoms with Gasteiger partial charge in [-0.3, -0.25) is 4.79 Å². The molecule has 0 aliphatic carbocycles. The van der Waals surface area contributed by atoms with Crippen LogP contribution in [-0.2, 0) is 15.6 Å². The highest BCUT2D eigenvalue weighted by atomic mass is 28.4. The third kappa shape index (κ3) is 8.06. The number of benzene rings is 1. The van der Waals surface area contributed by atoms with Crippen molar-refractivity contribution in [3.63, 3.8) is 0 Å². The number of halogens is 3.